The van der Waals surface area contributed by atoms with E-state index in [4.69, 9.17) is 4.74 Å². The molecule has 1 heterocycles. The van der Waals surface area contributed by atoms with Crippen LogP contribution in [-0.4, -0.2) is 48.4 Å². The molecule has 0 fully saturated rings. The van der Waals surface area contributed by atoms with Crippen LogP contribution >= 0.6 is 0 Å². The van der Waals surface area contributed by atoms with E-state index in [9.17, 15) is 10.0 Å². The fraction of sp³-hybridized carbons (Fsp3) is 0.238. The number of nitrogens with one attached hydrogen (secondary N) is 1. The molecule has 0 saturated heterocycles. The first kappa shape index (κ1) is 18.5. The minimum atomic E-state index is -0.601. The molecule has 1 atom stereocenters. The third-order valence-corrected chi connectivity index (χ3v) is 4.05. The zero-order chi connectivity index (χ0) is 19.1. The Bertz CT molecular complexity index is 884. The average Bonchev–Trinajstić information content (AvgIpc) is 3.17. The summed E-state index contributed by atoms with van der Waals surface area (Å²) in [5, 5.41) is 12.3. The molecule has 2 N–H and O–H groups in total. The molecular formula is C21H21N3O3. The van der Waals surface area contributed by atoms with Gasteiger partial charge in [0.1, 0.15) is 13.2 Å². The SMILES string of the molecule is CNC(=O)N(O)CC#Cc1cccc(C2=N[C@@H](Cc3ccccc3)CO2)c1. The first-order valence-electron chi connectivity index (χ1n) is 8.67. The minimum Gasteiger partial charge on any atom is -0.475 e. The number of aliphatic imine (C=N–C) groups is 1. The second-order valence-electron chi connectivity index (χ2n) is 6.08. The Hall–Kier alpha value is -3.30. The number of hydrogen-bond acceptors (Lipinski definition) is 4. The largest absolute Gasteiger partial charge is 0.475 e. The quantitative estimate of drug-likeness (QED) is 0.498. The molecule has 0 unspecified atom stereocenters. The molecule has 0 aliphatic carbocycles. The predicted octanol–water partition coefficient (Wildman–Crippen LogP) is 2.46. The molecule has 2 aromatic carbocycles. The summed E-state index contributed by atoms with van der Waals surface area (Å²) in [5.41, 5.74) is 2.86. The van der Waals surface area contributed by atoms with Crippen molar-refractivity contribution in [1.29, 1.82) is 0 Å². The van der Waals surface area contributed by atoms with Crippen LogP contribution in [-0.2, 0) is 11.2 Å². The number of carbonyl (C=O) groups is 1. The van der Waals surface area contributed by atoms with Crippen molar-refractivity contribution in [3.8, 4) is 11.8 Å². The second kappa shape index (κ2) is 8.88. The van der Waals surface area contributed by atoms with E-state index in [0.29, 0.717) is 17.6 Å². The zero-order valence-electron chi connectivity index (χ0n) is 15.1. The van der Waals surface area contributed by atoms with Gasteiger partial charge in [0.15, 0.2) is 0 Å². The van der Waals surface area contributed by atoms with Gasteiger partial charge in [-0.05, 0) is 30.2 Å². The Kier molecular flexibility index (Phi) is 6.08. The maximum absolute atomic E-state index is 11.2. The van der Waals surface area contributed by atoms with Crippen molar-refractivity contribution < 1.29 is 14.7 Å². The highest BCUT2D eigenvalue weighted by molar-refractivity contribution is 5.95. The lowest BCUT2D eigenvalue weighted by atomic mass is 10.1. The normalized spacial score (nSPS) is 15.2. The van der Waals surface area contributed by atoms with Crippen LogP contribution in [0.25, 0.3) is 0 Å². The van der Waals surface area contributed by atoms with Gasteiger partial charge in [-0.3, -0.25) is 5.21 Å². The summed E-state index contributed by atoms with van der Waals surface area (Å²) in [6, 6.07) is 17.3. The molecule has 1 aliphatic heterocycles. The zero-order valence-corrected chi connectivity index (χ0v) is 15.1. The molecule has 0 aromatic heterocycles. The third kappa shape index (κ3) is 5.09. The van der Waals surface area contributed by atoms with Crippen LogP contribution in [0.15, 0.2) is 59.6 Å². The fourth-order valence-electron chi connectivity index (χ4n) is 2.71. The number of amides is 2. The summed E-state index contributed by atoms with van der Waals surface area (Å²) in [5.74, 6) is 6.31. The van der Waals surface area contributed by atoms with Gasteiger partial charge in [0, 0.05) is 18.2 Å². The maximum atomic E-state index is 11.2. The molecule has 2 amide bonds. The first-order valence-corrected chi connectivity index (χ1v) is 8.67. The van der Waals surface area contributed by atoms with Crippen LogP contribution in [0, 0.1) is 11.8 Å². The number of carbonyl (C=O) groups excluding carboxylic acids is 1. The van der Waals surface area contributed by atoms with Crippen molar-refractivity contribution in [2.24, 2.45) is 4.99 Å². The van der Waals surface area contributed by atoms with Crippen molar-refractivity contribution >= 4 is 11.9 Å². The molecule has 1 aliphatic rings. The second-order valence-corrected chi connectivity index (χ2v) is 6.08. The van der Waals surface area contributed by atoms with Gasteiger partial charge in [-0.2, -0.15) is 5.06 Å². The highest BCUT2D eigenvalue weighted by Crippen LogP contribution is 2.16. The first-order chi connectivity index (χ1) is 13.2. The van der Waals surface area contributed by atoms with E-state index in [1.165, 1.54) is 12.6 Å². The minimum absolute atomic E-state index is 0.0828. The van der Waals surface area contributed by atoms with Gasteiger partial charge >= 0.3 is 6.03 Å². The van der Waals surface area contributed by atoms with Gasteiger partial charge in [0.05, 0.1) is 6.04 Å². The topological polar surface area (TPSA) is 74.2 Å². The molecule has 6 nitrogen and oxygen atoms in total. The Labute approximate surface area is 158 Å². The van der Waals surface area contributed by atoms with Crippen LogP contribution < -0.4 is 5.32 Å². The summed E-state index contributed by atoms with van der Waals surface area (Å²) < 4.78 is 5.77. The monoisotopic (exact) mass is 363 g/mol. The summed E-state index contributed by atoms with van der Waals surface area (Å²) in [7, 11) is 1.44. The van der Waals surface area contributed by atoms with E-state index in [1.54, 1.807) is 0 Å². The molecule has 0 spiro atoms. The number of hydrogen-bond donors (Lipinski definition) is 2. The summed E-state index contributed by atoms with van der Waals surface area (Å²) in [6.07, 6.45) is 0.843. The number of benzene rings is 2. The van der Waals surface area contributed by atoms with Crippen LogP contribution in [0.5, 0.6) is 0 Å². The predicted molar refractivity (Wildman–Crippen MR) is 103 cm³/mol. The number of urea groups is 1. The van der Waals surface area contributed by atoms with Crippen molar-refractivity contribution in [1.82, 2.24) is 10.4 Å². The van der Waals surface area contributed by atoms with Gasteiger partial charge in [-0.15, -0.1) is 0 Å². The number of ether oxygens (including phenoxy) is 1. The average molecular weight is 363 g/mol. The summed E-state index contributed by atoms with van der Waals surface area (Å²) in [4.78, 5) is 15.9. The third-order valence-electron chi connectivity index (χ3n) is 4.05. The van der Waals surface area contributed by atoms with E-state index >= 15 is 0 Å². The smallest absolute Gasteiger partial charge is 0.341 e. The van der Waals surface area contributed by atoms with E-state index in [-0.39, 0.29) is 12.6 Å². The lowest BCUT2D eigenvalue weighted by Gasteiger charge is -2.09. The molecule has 27 heavy (non-hydrogen) atoms. The molecule has 2 aromatic rings. The Morgan fingerprint density at radius 1 is 1.30 bits per heavy atom. The van der Waals surface area contributed by atoms with Crippen molar-refractivity contribution in [2.75, 3.05) is 20.2 Å². The lowest BCUT2D eigenvalue weighted by Crippen LogP contribution is -2.35. The van der Waals surface area contributed by atoms with E-state index in [0.717, 1.165) is 17.5 Å². The van der Waals surface area contributed by atoms with Crippen LogP contribution in [0.3, 0.4) is 0 Å². The number of nitrogens with zero attached hydrogens (tertiary/aromatic N) is 2. The molecule has 0 saturated carbocycles. The molecule has 0 radical (unpaired) electrons. The number of hydroxylamine groups is 2. The molecule has 0 bridgehead atoms. The molecule has 138 valence electrons. The van der Waals surface area contributed by atoms with E-state index in [2.05, 4.69) is 34.3 Å². The fourth-order valence-corrected chi connectivity index (χ4v) is 2.71. The molecule has 3 rings (SSSR count). The van der Waals surface area contributed by atoms with Crippen LogP contribution in [0.2, 0.25) is 0 Å². The Morgan fingerprint density at radius 2 is 2.11 bits per heavy atom. The maximum Gasteiger partial charge on any atom is 0.341 e. The highest BCUT2D eigenvalue weighted by Gasteiger charge is 2.20. The Morgan fingerprint density at radius 3 is 2.89 bits per heavy atom. The van der Waals surface area contributed by atoms with Crippen molar-refractivity contribution in [3.63, 3.8) is 0 Å². The van der Waals surface area contributed by atoms with Crippen LogP contribution in [0.4, 0.5) is 4.79 Å². The highest BCUT2D eigenvalue weighted by atomic mass is 16.5. The standard InChI is InChI=1S/C21H21N3O3/c1-22-21(25)24(26)12-6-10-16-9-5-11-18(13-16)20-23-19(15-27-20)14-17-7-3-2-4-8-17/h2-5,7-9,11,13,19,26H,12,14-15H2,1H3,(H,22,25)/t19-/m0/s1. The lowest BCUT2D eigenvalue weighted by molar-refractivity contribution is -0.0301. The van der Waals surface area contributed by atoms with E-state index < -0.39 is 6.03 Å². The Balaban J connectivity index is 1.65. The number of rotatable bonds is 4. The summed E-state index contributed by atoms with van der Waals surface area (Å²) in [6.45, 7) is 0.478. The van der Waals surface area contributed by atoms with Gasteiger partial charge in [-0.25, -0.2) is 9.79 Å². The van der Waals surface area contributed by atoms with Crippen molar-refractivity contribution in [2.45, 2.75) is 12.5 Å². The van der Waals surface area contributed by atoms with Gasteiger partial charge in [0.25, 0.3) is 0 Å². The van der Waals surface area contributed by atoms with Gasteiger partial charge in [0.2, 0.25) is 5.90 Å². The van der Waals surface area contributed by atoms with Crippen molar-refractivity contribution in [3.05, 3.63) is 71.3 Å². The van der Waals surface area contributed by atoms with Crippen LogP contribution in [0.1, 0.15) is 16.7 Å². The molecular weight excluding hydrogens is 342 g/mol. The van der Waals surface area contributed by atoms with Gasteiger partial charge in [-0.1, -0.05) is 48.2 Å². The summed E-state index contributed by atoms with van der Waals surface area (Å²) >= 11 is 0. The molecule has 6 heteroatoms. The van der Waals surface area contributed by atoms with E-state index in [1.807, 2.05) is 42.5 Å². The van der Waals surface area contributed by atoms with Gasteiger partial charge < -0.3 is 10.1 Å².